The number of nitrogens with zero attached hydrogens (tertiary/aromatic N) is 7. The van der Waals surface area contributed by atoms with E-state index in [4.69, 9.17) is 10.5 Å². The summed E-state index contributed by atoms with van der Waals surface area (Å²) < 4.78 is 9.44. The monoisotopic (exact) mass is 471 g/mol. The molecule has 1 fully saturated rings. The van der Waals surface area contributed by atoms with Crippen molar-refractivity contribution in [2.24, 2.45) is 7.05 Å². The third-order valence-corrected chi connectivity index (χ3v) is 6.81. The van der Waals surface area contributed by atoms with E-state index in [0.29, 0.717) is 33.2 Å². The molecule has 0 radical (unpaired) electrons. The second-order valence-corrected chi connectivity index (χ2v) is 9.32. The van der Waals surface area contributed by atoms with E-state index < -0.39 is 24.5 Å². The predicted molar refractivity (Wildman–Crippen MR) is 123 cm³/mol. The quantitative estimate of drug-likeness (QED) is 0.320. The number of ether oxygens (including phenoxy) is 1. The van der Waals surface area contributed by atoms with Crippen LogP contribution >= 0.6 is 11.3 Å². The maximum Gasteiger partial charge on any atom is 0.205 e. The molecule has 4 atom stereocenters. The molecule has 5 N–H and O–H groups in total. The lowest BCUT2D eigenvalue weighted by molar-refractivity contribution is -0.0308. The number of aromatic nitrogens is 7. The number of nitrogen functional groups attached to an aromatic ring is 1. The Labute approximate surface area is 193 Å². The molecule has 1 aliphatic heterocycles. The fourth-order valence-electron chi connectivity index (χ4n) is 3.91. The van der Waals surface area contributed by atoms with Crippen molar-refractivity contribution in [3.63, 3.8) is 0 Å². The minimum absolute atomic E-state index is 0.255. The maximum atomic E-state index is 10.8. The Balaban J connectivity index is 1.43. The Bertz CT molecular complexity index is 1280. The lowest BCUT2D eigenvalue weighted by Crippen LogP contribution is -2.35. The van der Waals surface area contributed by atoms with Gasteiger partial charge in [0.05, 0.1) is 11.1 Å². The average molecular weight is 472 g/mol. The van der Waals surface area contributed by atoms with Gasteiger partial charge in [-0.3, -0.25) is 4.68 Å². The Morgan fingerprint density at radius 3 is 2.76 bits per heavy atom. The molecule has 0 amide bonds. The average Bonchev–Trinajstić information content (AvgIpc) is 3.55. The number of hydrogen-bond acceptors (Lipinski definition) is 11. The number of nitrogens with one attached hydrogen (secondary N) is 1. The van der Waals surface area contributed by atoms with E-state index in [-0.39, 0.29) is 12.5 Å². The summed E-state index contributed by atoms with van der Waals surface area (Å²) in [6.45, 7) is 4.35. The Kier molecular flexibility index (Phi) is 5.48. The summed E-state index contributed by atoms with van der Waals surface area (Å²) in [4.78, 5) is 8.48. The van der Waals surface area contributed by atoms with Crippen LogP contribution in [0.2, 0.25) is 0 Å². The zero-order valence-electron chi connectivity index (χ0n) is 18.3. The van der Waals surface area contributed by atoms with E-state index in [1.165, 1.54) is 17.7 Å². The van der Waals surface area contributed by atoms with Crippen LogP contribution in [0.3, 0.4) is 0 Å². The van der Waals surface area contributed by atoms with Gasteiger partial charge in [-0.2, -0.15) is 5.10 Å². The highest BCUT2D eigenvalue weighted by Gasteiger charge is 2.44. The van der Waals surface area contributed by atoms with E-state index in [9.17, 15) is 10.2 Å². The first-order valence-electron chi connectivity index (χ1n) is 10.5. The predicted octanol–water partition coefficient (Wildman–Crippen LogP) is 1.12. The van der Waals surface area contributed by atoms with Crippen LogP contribution in [-0.4, -0.2) is 69.6 Å². The Hall–Kier alpha value is -3.13. The maximum absolute atomic E-state index is 10.8. The molecule has 5 heterocycles. The smallest absolute Gasteiger partial charge is 0.205 e. The molecule has 0 unspecified atom stereocenters. The van der Waals surface area contributed by atoms with Gasteiger partial charge in [-0.25, -0.2) is 9.97 Å². The van der Waals surface area contributed by atoms with Crippen molar-refractivity contribution in [1.82, 2.24) is 34.5 Å². The van der Waals surface area contributed by atoms with Gasteiger partial charge in [-0.15, -0.1) is 10.2 Å². The van der Waals surface area contributed by atoms with Crippen LogP contribution in [0.15, 0.2) is 24.8 Å². The van der Waals surface area contributed by atoms with Gasteiger partial charge >= 0.3 is 0 Å². The molecule has 33 heavy (non-hydrogen) atoms. The number of fused-ring (bicyclic) bond motifs is 1. The molecule has 174 valence electrons. The van der Waals surface area contributed by atoms with Gasteiger partial charge in [-0.1, -0.05) is 25.2 Å². The van der Waals surface area contributed by atoms with Gasteiger partial charge in [0, 0.05) is 37.5 Å². The van der Waals surface area contributed by atoms with Crippen LogP contribution in [0, 0.1) is 0 Å². The summed E-state index contributed by atoms with van der Waals surface area (Å²) in [6.07, 6.45) is 1.11. The van der Waals surface area contributed by atoms with Crippen LogP contribution in [0.1, 0.15) is 31.0 Å². The van der Waals surface area contributed by atoms with Gasteiger partial charge in [0.1, 0.15) is 41.1 Å². The SMILES string of the molecule is CC(C)c1nnc(NC[C@H]2O[C@@H](n3cc(-c4ccn(C)n4)c4c(N)ncnc43)[C@H](O)[C@@H]2O)s1. The van der Waals surface area contributed by atoms with Crippen molar-refractivity contribution < 1.29 is 14.9 Å². The first kappa shape index (κ1) is 21.7. The van der Waals surface area contributed by atoms with Crippen LogP contribution in [0.5, 0.6) is 0 Å². The van der Waals surface area contributed by atoms with E-state index in [0.717, 1.165) is 5.01 Å². The van der Waals surface area contributed by atoms with E-state index in [1.807, 2.05) is 33.2 Å². The lowest BCUT2D eigenvalue weighted by atomic mass is 10.1. The topological polar surface area (TPSA) is 162 Å². The fourth-order valence-corrected chi connectivity index (χ4v) is 4.66. The number of aliphatic hydroxyl groups is 2. The normalized spacial score (nSPS) is 23.1. The van der Waals surface area contributed by atoms with Crippen molar-refractivity contribution in [3.8, 4) is 11.3 Å². The molecule has 5 rings (SSSR count). The van der Waals surface area contributed by atoms with Crippen LogP contribution in [0.25, 0.3) is 22.3 Å². The number of aryl methyl sites for hydroxylation is 1. The zero-order valence-corrected chi connectivity index (χ0v) is 19.1. The highest BCUT2D eigenvalue weighted by Crippen LogP contribution is 2.38. The minimum Gasteiger partial charge on any atom is -0.387 e. The number of hydrogen-bond donors (Lipinski definition) is 4. The van der Waals surface area contributed by atoms with Crippen molar-refractivity contribution >= 4 is 33.3 Å². The lowest BCUT2D eigenvalue weighted by Gasteiger charge is -2.17. The standard InChI is InChI=1S/C20H25N9O3S/c1-9(2)18-25-26-20(33-18)22-6-12-14(30)15(31)19(32-12)29-7-10(11-4-5-28(3)27-11)13-16(21)23-8-24-17(13)29/h4-5,7-9,12,14-15,19,30-31H,6H2,1-3H3,(H,22,26)(H2,21,23,24)/t12-,14-,15-,19-/m1/s1. The first-order chi connectivity index (χ1) is 15.8. The van der Waals surface area contributed by atoms with E-state index in [2.05, 4.69) is 30.6 Å². The summed E-state index contributed by atoms with van der Waals surface area (Å²) in [6, 6.07) is 1.85. The molecule has 0 saturated carbocycles. The van der Waals surface area contributed by atoms with Crippen molar-refractivity contribution in [2.75, 3.05) is 17.6 Å². The third kappa shape index (κ3) is 3.82. The molecular weight excluding hydrogens is 446 g/mol. The number of anilines is 2. The molecule has 1 saturated heterocycles. The molecule has 0 spiro atoms. The van der Waals surface area contributed by atoms with Gasteiger partial charge in [0.2, 0.25) is 5.13 Å². The van der Waals surface area contributed by atoms with E-state index >= 15 is 0 Å². The molecule has 1 aliphatic rings. The van der Waals surface area contributed by atoms with Crippen LogP contribution < -0.4 is 11.1 Å². The summed E-state index contributed by atoms with van der Waals surface area (Å²) in [5.41, 5.74) is 8.05. The highest BCUT2D eigenvalue weighted by molar-refractivity contribution is 7.15. The molecule has 13 heteroatoms. The Morgan fingerprint density at radius 2 is 2.06 bits per heavy atom. The largest absolute Gasteiger partial charge is 0.387 e. The summed E-state index contributed by atoms with van der Waals surface area (Å²) in [7, 11) is 1.82. The van der Waals surface area contributed by atoms with Crippen molar-refractivity contribution in [1.29, 1.82) is 0 Å². The van der Waals surface area contributed by atoms with Crippen molar-refractivity contribution in [3.05, 3.63) is 29.8 Å². The van der Waals surface area contributed by atoms with Gasteiger partial charge in [0.25, 0.3) is 0 Å². The minimum atomic E-state index is -1.18. The van der Waals surface area contributed by atoms with Gasteiger partial charge in [-0.05, 0) is 6.07 Å². The van der Waals surface area contributed by atoms with Crippen molar-refractivity contribution in [2.45, 2.75) is 44.3 Å². The van der Waals surface area contributed by atoms with Gasteiger partial charge < -0.3 is 30.6 Å². The molecule has 0 aliphatic carbocycles. The third-order valence-electron chi connectivity index (χ3n) is 5.63. The summed E-state index contributed by atoms with van der Waals surface area (Å²) in [5.74, 6) is 0.574. The highest BCUT2D eigenvalue weighted by atomic mass is 32.1. The Morgan fingerprint density at radius 1 is 1.24 bits per heavy atom. The van der Waals surface area contributed by atoms with Crippen LogP contribution in [-0.2, 0) is 11.8 Å². The number of nitrogens with two attached hydrogens (primary N) is 1. The second kappa shape index (κ2) is 8.33. The number of rotatable bonds is 6. The summed E-state index contributed by atoms with van der Waals surface area (Å²) in [5, 5.41) is 39.5. The molecule has 12 nitrogen and oxygen atoms in total. The molecule has 4 aromatic heterocycles. The molecule has 4 aromatic rings. The molecule has 0 bridgehead atoms. The zero-order chi connectivity index (χ0) is 23.3. The summed E-state index contributed by atoms with van der Waals surface area (Å²) >= 11 is 1.45. The molecular formula is C20H25N9O3S. The second-order valence-electron chi connectivity index (χ2n) is 8.31. The van der Waals surface area contributed by atoms with Crippen LogP contribution in [0.4, 0.5) is 10.9 Å². The molecule has 0 aromatic carbocycles. The fraction of sp³-hybridized carbons (Fsp3) is 0.450. The van der Waals surface area contributed by atoms with E-state index in [1.54, 1.807) is 15.4 Å². The first-order valence-corrected chi connectivity index (χ1v) is 11.3. The van der Waals surface area contributed by atoms with Gasteiger partial charge in [0.15, 0.2) is 6.23 Å². The number of aliphatic hydroxyl groups excluding tert-OH is 2.